The van der Waals surface area contributed by atoms with Crippen LogP contribution in [0.1, 0.15) is 25.5 Å². The molecular weight excluding hydrogens is 352 g/mol. The van der Waals surface area contributed by atoms with E-state index in [9.17, 15) is 14.9 Å². The standard InChI is InChI=1S/C19H22N2O4S/c1-4-25-17-8-10-18(11-9-17)26-13-19(22)20(3)14(2)15-6-5-7-16(12-15)21(23)24/h5-12,14H,4,13H2,1-3H3/t14-/m1/s1. The second-order valence-corrected chi connectivity index (χ2v) is 6.77. The molecule has 0 saturated carbocycles. The van der Waals surface area contributed by atoms with E-state index < -0.39 is 4.92 Å². The Morgan fingerprint density at radius 2 is 1.96 bits per heavy atom. The van der Waals surface area contributed by atoms with Crippen molar-refractivity contribution in [3.05, 3.63) is 64.2 Å². The van der Waals surface area contributed by atoms with E-state index in [1.165, 1.54) is 23.9 Å². The van der Waals surface area contributed by atoms with E-state index in [0.717, 1.165) is 16.2 Å². The fourth-order valence-corrected chi connectivity index (χ4v) is 3.21. The summed E-state index contributed by atoms with van der Waals surface area (Å²) in [7, 11) is 1.71. The van der Waals surface area contributed by atoms with E-state index in [2.05, 4.69) is 0 Å². The number of non-ortho nitro benzene ring substituents is 1. The molecule has 26 heavy (non-hydrogen) atoms. The summed E-state index contributed by atoms with van der Waals surface area (Å²) in [6.07, 6.45) is 0. The average Bonchev–Trinajstić information content (AvgIpc) is 2.66. The van der Waals surface area contributed by atoms with Crippen molar-refractivity contribution >= 4 is 23.4 Å². The number of hydrogen-bond acceptors (Lipinski definition) is 5. The molecule has 0 aliphatic rings. The maximum absolute atomic E-state index is 12.5. The van der Waals surface area contributed by atoms with Crippen molar-refractivity contribution in [1.29, 1.82) is 0 Å². The van der Waals surface area contributed by atoms with Gasteiger partial charge in [-0.05, 0) is 43.7 Å². The summed E-state index contributed by atoms with van der Waals surface area (Å²) in [5.74, 6) is 1.06. The van der Waals surface area contributed by atoms with Crippen molar-refractivity contribution in [3.63, 3.8) is 0 Å². The summed E-state index contributed by atoms with van der Waals surface area (Å²) in [6, 6.07) is 13.7. The highest BCUT2D eigenvalue weighted by atomic mass is 32.2. The zero-order chi connectivity index (χ0) is 19.1. The van der Waals surface area contributed by atoms with Crippen LogP contribution in [0.25, 0.3) is 0 Å². The van der Waals surface area contributed by atoms with Gasteiger partial charge in [0.25, 0.3) is 5.69 Å². The molecule has 6 nitrogen and oxygen atoms in total. The first kappa shape index (κ1) is 19.8. The van der Waals surface area contributed by atoms with Gasteiger partial charge in [-0.2, -0.15) is 0 Å². The molecule has 0 aliphatic heterocycles. The molecule has 0 saturated heterocycles. The first-order valence-corrected chi connectivity index (χ1v) is 9.26. The first-order valence-electron chi connectivity index (χ1n) is 8.28. The van der Waals surface area contributed by atoms with Gasteiger partial charge in [0, 0.05) is 24.1 Å². The zero-order valence-corrected chi connectivity index (χ0v) is 15.9. The Labute approximate surface area is 157 Å². The van der Waals surface area contributed by atoms with E-state index in [4.69, 9.17) is 4.74 Å². The highest BCUT2D eigenvalue weighted by Crippen LogP contribution is 2.25. The Balaban J connectivity index is 1.95. The second kappa shape index (κ2) is 9.24. The first-order chi connectivity index (χ1) is 12.4. The topological polar surface area (TPSA) is 72.7 Å². The smallest absolute Gasteiger partial charge is 0.269 e. The molecule has 1 atom stereocenters. The van der Waals surface area contributed by atoms with Crippen molar-refractivity contribution in [1.82, 2.24) is 4.90 Å². The lowest BCUT2D eigenvalue weighted by atomic mass is 10.1. The number of carbonyl (C=O) groups excluding carboxylic acids is 1. The Hall–Kier alpha value is -2.54. The lowest BCUT2D eigenvalue weighted by Crippen LogP contribution is -2.31. The molecule has 0 bridgehead atoms. The number of nitrogens with zero attached hydrogens (tertiary/aromatic N) is 2. The van der Waals surface area contributed by atoms with Crippen LogP contribution >= 0.6 is 11.8 Å². The fourth-order valence-electron chi connectivity index (χ4n) is 2.38. The molecular formula is C19H22N2O4S. The molecule has 0 heterocycles. The maximum Gasteiger partial charge on any atom is 0.269 e. The van der Waals surface area contributed by atoms with Crippen molar-refractivity contribution in [2.45, 2.75) is 24.8 Å². The summed E-state index contributed by atoms with van der Waals surface area (Å²) >= 11 is 1.45. The monoisotopic (exact) mass is 374 g/mol. The van der Waals surface area contributed by atoms with Gasteiger partial charge in [0.1, 0.15) is 5.75 Å². The number of amides is 1. The second-order valence-electron chi connectivity index (χ2n) is 5.73. The third kappa shape index (κ3) is 5.23. The number of rotatable bonds is 8. The van der Waals surface area contributed by atoms with Crippen LogP contribution in [0.15, 0.2) is 53.4 Å². The molecule has 0 spiro atoms. The van der Waals surface area contributed by atoms with E-state index >= 15 is 0 Å². The third-order valence-corrected chi connectivity index (χ3v) is 5.03. The molecule has 0 unspecified atom stereocenters. The van der Waals surface area contributed by atoms with E-state index in [0.29, 0.717) is 12.4 Å². The van der Waals surface area contributed by atoms with E-state index in [-0.39, 0.29) is 17.6 Å². The number of hydrogen-bond donors (Lipinski definition) is 0. The predicted octanol–water partition coefficient (Wildman–Crippen LogP) is 4.31. The SMILES string of the molecule is CCOc1ccc(SCC(=O)N(C)[C@H](C)c2cccc([N+](=O)[O-])c2)cc1. The molecule has 2 aromatic carbocycles. The summed E-state index contributed by atoms with van der Waals surface area (Å²) in [5, 5.41) is 10.9. The van der Waals surface area contributed by atoms with Crippen LogP contribution in [0.3, 0.4) is 0 Å². The molecule has 2 rings (SSSR count). The lowest BCUT2D eigenvalue weighted by molar-refractivity contribution is -0.384. The van der Waals surface area contributed by atoms with Crippen LogP contribution in [-0.2, 0) is 4.79 Å². The highest BCUT2D eigenvalue weighted by Gasteiger charge is 2.19. The van der Waals surface area contributed by atoms with Gasteiger partial charge in [0.2, 0.25) is 5.91 Å². The number of ether oxygens (including phenoxy) is 1. The van der Waals surface area contributed by atoms with Crippen molar-refractivity contribution in [2.75, 3.05) is 19.4 Å². The molecule has 0 N–H and O–H groups in total. The van der Waals surface area contributed by atoms with Crippen LogP contribution in [-0.4, -0.2) is 35.1 Å². The average molecular weight is 374 g/mol. The van der Waals surface area contributed by atoms with Crippen LogP contribution in [0.4, 0.5) is 5.69 Å². The summed E-state index contributed by atoms with van der Waals surface area (Å²) in [5.41, 5.74) is 0.764. The number of carbonyl (C=O) groups is 1. The summed E-state index contributed by atoms with van der Waals surface area (Å²) in [6.45, 7) is 4.41. The van der Waals surface area contributed by atoms with Gasteiger partial charge >= 0.3 is 0 Å². The minimum absolute atomic E-state index is 0.0268. The third-order valence-electron chi connectivity index (χ3n) is 4.03. The highest BCUT2D eigenvalue weighted by molar-refractivity contribution is 8.00. The number of nitro groups is 1. The summed E-state index contributed by atoms with van der Waals surface area (Å²) in [4.78, 5) is 25.5. The Bertz CT molecular complexity index is 764. The van der Waals surface area contributed by atoms with Crippen LogP contribution in [0.5, 0.6) is 5.75 Å². The van der Waals surface area contributed by atoms with Gasteiger partial charge in [-0.15, -0.1) is 11.8 Å². The molecule has 0 fully saturated rings. The van der Waals surface area contributed by atoms with E-state index in [1.54, 1.807) is 24.1 Å². The van der Waals surface area contributed by atoms with Crippen LogP contribution in [0, 0.1) is 10.1 Å². The molecule has 138 valence electrons. The van der Waals surface area contributed by atoms with Gasteiger partial charge in [-0.3, -0.25) is 14.9 Å². The molecule has 2 aromatic rings. The van der Waals surface area contributed by atoms with E-state index in [1.807, 2.05) is 38.1 Å². The van der Waals surface area contributed by atoms with Gasteiger partial charge in [0.05, 0.1) is 23.3 Å². The predicted molar refractivity (Wildman–Crippen MR) is 103 cm³/mol. The number of benzene rings is 2. The zero-order valence-electron chi connectivity index (χ0n) is 15.0. The lowest BCUT2D eigenvalue weighted by Gasteiger charge is -2.25. The van der Waals surface area contributed by atoms with Crippen molar-refractivity contribution in [2.24, 2.45) is 0 Å². The number of nitro benzene ring substituents is 1. The fraction of sp³-hybridized carbons (Fsp3) is 0.316. The van der Waals surface area contributed by atoms with Gasteiger partial charge in [0.15, 0.2) is 0 Å². The summed E-state index contributed by atoms with van der Waals surface area (Å²) < 4.78 is 5.40. The molecule has 0 aliphatic carbocycles. The quantitative estimate of drug-likeness (QED) is 0.391. The van der Waals surface area contributed by atoms with Crippen LogP contribution < -0.4 is 4.74 Å². The minimum atomic E-state index is -0.431. The largest absolute Gasteiger partial charge is 0.494 e. The van der Waals surface area contributed by atoms with Crippen LogP contribution in [0.2, 0.25) is 0 Å². The van der Waals surface area contributed by atoms with Gasteiger partial charge in [-0.25, -0.2) is 0 Å². The molecule has 0 radical (unpaired) electrons. The molecule has 7 heteroatoms. The maximum atomic E-state index is 12.5. The Morgan fingerprint density at radius 3 is 2.58 bits per heavy atom. The normalized spacial score (nSPS) is 11.7. The minimum Gasteiger partial charge on any atom is -0.494 e. The Kier molecular flexibility index (Phi) is 7.03. The van der Waals surface area contributed by atoms with Gasteiger partial charge < -0.3 is 9.64 Å². The molecule has 1 amide bonds. The number of thioether (sulfide) groups is 1. The van der Waals surface area contributed by atoms with Gasteiger partial charge in [-0.1, -0.05) is 12.1 Å². The Morgan fingerprint density at radius 1 is 1.27 bits per heavy atom. The van der Waals surface area contributed by atoms with Crippen molar-refractivity contribution in [3.8, 4) is 5.75 Å². The van der Waals surface area contributed by atoms with Crippen molar-refractivity contribution < 1.29 is 14.5 Å². The molecule has 0 aromatic heterocycles.